The molecular weight excluding hydrogens is 472 g/mol. The second-order valence-corrected chi connectivity index (χ2v) is 6.78. The van der Waals surface area contributed by atoms with Crippen molar-refractivity contribution >= 4 is 21.8 Å². The minimum atomic E-state index is -1.18. The number of methoxy groups -OCH3 is 2. The number of carbonyl (C=O) groups is 1. The number of primary amides is 1. The lowest BCUT2D eigenvalue weighted by Gasteiger charge is -2.10. The van der Waals surface area contributed by atoms with Gasteiger partial charge in [0.15, 0.2) is 11.6 Å². The third-order valence-electron chi connectivity index (χ3n) is 4.12. The minimum absolute atomic E-state index is 0.0396. The first-order chi connectivity index (χ1) is 14.9. The van der Waals surface area contributed by atoms with Crippen LogP contribution in [0.1, 0.15) is 21.5 Å². The molecule has 0 aromatic heterocycles. The fourth-order valence-electron chi connectivity index (χ4n) is 2.55. The zero-order valence-corrected chi connectivity index (χ0v) is 18.6. The Kier molecular flexibility index (Phi) is 9.27. The fourth-order valence-corrected chi connectivity index (χ4v) is 2.90. The zero-order valence-electron chi connectivity index (χ0n) is 17.0. The molecule has 164 valence electrons. The normalized spacial score (nSPS) is 9.97. The van der Waals surface area contributed by atoms with Crippen LogP contribution in [-0.4, -0.2) is 20.1 Å². The van der Waals surface area contributed by atoms with Crippen LogP contribution in [0, 0.1) is 11.6 Å². The van der Waals surface area contributed by atoms with Gasteiger partial charge in [-0.25, -0.2) is 8.78 Å². The summed E-state index contributed by atoms with van der Waals surface area (Å²) < 4.78 is 42.6. The Morgan fingerprint density at radius 3 is 2.06 bits per heavy atom. The fraction of sp³-hybridized carbons (Fsp3) is 0.174. The van der Waals surface area contributed by atoms with Crippen LogP contribution in [0.3, 0.4) is 0 Å². The highest BCUT2D eigenvalue weighted by molar-refractivity contribution is 9.08. The van der Waals surface area contributed by atoms with Crippen LogP contribution in [0.2, 0.25) is 0 Å². The molecule has 0 aliphatic rings. The zero-order chi connectivity index (χ0) is 22.8. The molecule has 0 saturated heterocycles. The second kappa shape index (κ2) is 11.9. The number of halogens is 3. The number of carbonyl (C=O) groups excluding carboxylic acids is 1. The van der Waals surface area contributed by atoms with E-state index in [9.17, 15) is 13.6 Å². The lowest BCUT2D eigenvalue weighted by atomic mass is 10.1. The van der Waals surface area contributed by atoms with Gasteiger partial charge in [0.25, 0.3) is 5.91 Å². The Balaban J connectivity index is 0.000000285. The summed E-state index contributed by atoms with van der Waals surface area (Å²) in [5.41, 5.74) is 6.10. The quantitative estimate of drug-likeness (QED) is 0.456. The van der Waals surface area contributed by atoms with Gasteiger partial charge in [0, 0.05) is 5.33 Å². The van der Waals surface area contributed by atoms with Crippen LogP contribution in [0.15, 0.2) is 60.7 Å². The number of hydrogen-bond donors (Lipinski definition) is 1. The van der Waals surface area contributed by atoms with Gasteiger partial charge in [-0.2, -0.15) is 0 Å². The average molecular weight is 494 g/mol. The van der Waals surface area contributed by atoms with Gasteiger partial charge < -0.3 is 19.9 Å². The summed E-state index contributed by atoms with van der Waals surface area (Å²) in [6.45, 7) is 0.0396. The van der Waals surface area contributed by atoms with E-state index in [1.54, 1.807) is 31.4 Å². The Bertz CT molecular complexity index is 1010. The lowest BCUT2D eigenvalue weighted by Crippen LogP contribution is -2.16. The molecule has 0 atom stereocenters. The van der Waals surface area contributed by atoms with Crippen molar-refractivity contribution in [2.75, 3.05) is 14.2 Å². The summed E-state index contributed by atoms with van der Waals surface area (Å²) in [6.07, 6.45) is 0. The van der Waals surface area contributed by atoms with E-state index in [0.717, 1.165) is 28.8 Å². The number of alkyl halides is 1. The molecule has 8 heteroatoms. The van der Waals surface area contributed by atoms with E-state index < -0.39 is 23.1 Å². The highest BCUT2D eigenvalue weighted by atomic mass is 79.9. The number of rotatable bonds is 7. The van der Waals surface area contributed by atoms with E-state index >= 15 is 0 Å². The average Bonchev–Trinajstić information content (AvgIpc) is 2.79. The third kappa shape index (κ3) is 6.96. The summed E-state index contributed by atoms with van der Waals surface area (Å²) in [7, 11) is 3.20. The standard InChI is InChI=1S/C15H13F2NO3.C8H9BrO/c1-20-10-4-2-3-9(7-10)8-21-12-6-5-11(16)13(14(12)17)15(18)19;1-10-8-4-2-3-7(5-8)6-9/h2-7H,8H2,1H3,(H2,18,19);2-5H,6H2,1H3. The molecule has 0 unspecified atom stereocenters. The predicted octanol–water partition coefficient (Wildman–Crippen LogP) is 5.24. The molecule has 0 aliphatic heterocycles. The molecule has 0 heterocycles. The summed E-state index contributed by atoms with van der Waals surface area (Å²) in [4.78, 5) is 11.0. The van der Waals surface area contributed by atoms with Crippen molar-refractivity contribution in [1.82, 2.24) is 0 Å². The SMILES string of the molecule is COc1cccc(CBr)c1.COc1cccc(COc2ccc(F)c(C(N)=O)c2F)c1. The molecule has 0 radical (unpaired) electrons. The number of amides is 1. The molecule has 0 aliphatic carbocycles. The van der Waals surface area contributed by atoms with E-state index in [-0.39, 0.29) is 12.4 Å². The number of benzene rings is 3. The molecule has 5 nitrogen and oxygen atoms in total. The monoisotopic (exact) mass is 493 g/mol. The molecule has 0 bridgehead atoms. The summed E-state index contributed by atoms with van der Waals surface area (Å²) in [5, 5.41) is 0.879. The van der Waals surface area contributed by atoms with Crippen molar-refractivity contribution in [2.24, 2.45) is 5.73 Å². The van der Waals surface area contributed by atoms with E-state index in [0.29, 0.717) is 5.75 Å². The van der Waals surface area contributed by atoms with E-state index in [4.69, 9.17) is 19.9 Å². The van der Waals surface area contributed by atoms with Gasteiger partial charge in [0.05, 0.1) is 14.2 Å². The summed E-state index contributed by atoms with van der Waals surface area (Å²) in [5.74, 6) is -2.01. The molecule has 3 aromatic carbocycles. The van der Waals surface area contributed by atoms with Gasteiger partial charge in [0.1, 0.15) is 29.5 Å². The third-order valence-corrected chi connectivity index (χ3v) is 4.77. The van der Waals surface area contributed by atoms with Crippen molar-refractivity contribution in [3.05, 3.63) is 89.0 Å². The van der Waals surface area contributed by atoms with E-state index in [1.165, 1.54) is 12.7 Å². The van der Waals surface area contributed by atoms with Crippen LogP contribution in [0.5, 0.6) is 17.2 Å². The van der Waals surface area contributed by atoms with Gasteiger partial charge in [-0.15, -0.1) is 0 Å². The smallest absolute Gasteiger partial charge is 0.254 e. The van der Waals surface area contributed by atoms with Crippen LogP contribution >= 0.6 is 15.9 Å². The number of ether oxygens (including phenoxy) is 3. The van der Waals surface area contributed by atoms with Gasteiger partial charge in [-0.1, -0.05) is 40.2 Å². The summed E-state index contributed by atoms with van der Waals surface area (Å²) >= 11 is 3.37. The van der Waals surface area contributed by atoms with E-state index in [1.807, 2.05) is 18.2 Å². The van der Waals surface area contributed by atoms with Crippen LogP contribution in [0.4, 0.5) is 8.78 Å². The van der Waals surface area contributed by atoms with Crippen molar-refractivity contribution in [1.29, 1.82) is 0 Å². The highest BCUT2D eigenvalue weighted by Crippen LogP contribution is 2.24. The van der Waals surface area contributed by atoms with Crippen molar-refractivity contribution < 1.29 is 27.8 Å². The Labute approximate surface area is 187 Å². The number of hydrogen-bond acceptors (Lipinski definition) is 4. The Morgan fingerprint density at radius 1 is 0.935 bits per heavy atom. The van der Waals surface area contributed by atoms with Gasteiger partial charge >= 0.3 is 0 Å². The molecule has 0 spiro atoms. The van der Waals surface area contributed by atoms with Gasteiger partial charge in [-0.3, -0.25) is 4.79 Å². The lowest BCUT2D eigenvalue weighted by molar-refractivity contribution is 0.0991. The number of nitrogens with two attached hydrogens (primary N) is 1. The molecule has 31 heavy (non-hydrogen) atoms. The van der Waals surface area contributed by atoms with E-state index in [2.05, 4.69) is 22.0 Å². The van der Waals surface area contributed by atoms with Crippen LogP contribution in [0.25, 0.3) is 0 Å². The second-order valence-electron chi connectivity index (χ2n) is 6.22. The summed E-state index contributed by atoms with van der Waals surface area (Å²) in [6, 6.07) is 17.0. The van der Waals surface area contributed by atoms with Crippen molar-refractivity contribution in [3.63, 3.8) is 0 Å². The highest BCUT2D eigenvalue weighted by Gasteiger charge is 2.19. The molecule has 2 N–H and O–H groups in total. The Hall–Kier alpha value is -3.13. The molecule has 0 saturated carbocycles. The first kappa shape index (κ1) is 24.1. The molecule has 0 fully saturated rings. The Morgan fingerprint density at radius 2 is 1.52 bits per heavy atom. The first-order valence-corrected chi connectivity index (χ1v) is 10.2. The van der Waals surface area contributed by atoms with Gasteiger partial charge in [0.2, 0.25) is 0 Å². The van der Waals surface area contributed by atoms with Crippen molar-refractivity contribution in [2.45, 2.75) is 11.9 Å². The maximum Gasteiger partial charge on any atom is 0.254 e. The predicted molar refractivity (Wildman–Crippen MR) is 118 cm³/mol. The topological polar surface area (TPSA) is 70.8 Å². The molecular formula is C23H22BrF2NO4. The molecule has 3 aromatic rings. The minimum Gasteiger partial charge on any atom is -0.497 e. The van der Waals surface area contributed by atoms with Crippen molar-refractivity contribution in [3.8, 4) is 17.2 Å². The van der Waals surface area contributed by atoms with Crippen LogP contribution < -0.4 is 19.9 Å². The first-order valence-electron chi connectivity index (χ1n) is 9.12. The molecule has 1 amide bonds. The maximum absolute atomic E-state index is 13.9. The largest absolute Gasteiger partial charge is 0.497 e. The maximum atomic E-state index is 13.9. The molecule has 3 rings (SSSR count). The van der Waals surface area contributed by atoms with Gasteiger partial charge in [-0.05, 0) is 47.5 Å². The van der Waals surface area contributed by atoms with Crippen LogP contribution in [-0.2, 0) is 11.9 Å².